The van der Waals surface area contributed by atoms with E-state index in [9.17, 15) is 18.0 Å². The van der Waals surface area contributed by atoms with E-state index in [0.717, 1.165) is 26.6 Å². The first kappa shape index (κ1) is 35.0. The quantitative estimate of drug-likeness (QED) is 0.160. The van der Waals surface area contributed by atoms with E-state index < -0.39 is 28.5 Å². The monoisotopic (exact) mass is 679 g/mol. The number of anilines is 1. The van der Waals surface area contributed by atoms with E-state index in [-0.39, 0.29) is 35.5 Å². The van der Waals surface area contributed by atoms with Crippen molar-refractivity contribution in [1.29, 1.82) is 0 Å². The van der Waals surface area contributed by atoms with E-state index in [1.165, 1.54) is 23.1 Å². The van der Waals surface area contributed by atoms with Crippen molar-refractivity contribution in [2.75, 3.05) is 10.8 Å². The van der Waals surface area contributed by atoms with Crippen LogP contribution >= 0.6 is 23.2 Å². The van der Waals surface area contributed by atoms with Crippen molar-refractivity contribution >= 4 is 50.7 Å². The molecule has 0 saturated carbocycles. The van der Waals surface area contributed by atoms with Crippen LogP contribution in [0.5, 0.6) is 0 Å². The largest absolute Gasteiger partial charge is 0.352 e. The van der Waals surface area contributed by atoms with E-state index in [4.69, 9.17) is 23.2 Å². The summed E-state index contributed by atoms with van der Waals surface area (Å²) in [5.74, 6) is -0.880. The predicted octanol–water partition coefficient (Wildman–Crippen LogP) is 7.36. The fourth-order valence-corrected chi connectivity index (χ4v) is 6.59. The number of benzene rings is 4. The highest BCUT2D eigenvalue weighted by Crippen LogP contribution is 2.29. The molecular formula is C36H39Cl2N3O4S. The molecule has 0 aromatic heterocycles. The van der Waals surface area contributed by atoms with Crippen LogP contribution in [-0.4, -0.2) is 43.8 Å². The van der Waals surface area contributed by atoms with Gasteiger partial charge in [0.1, 0.15) is 12.6 Å². The minimum absolute atomic E-state index is 0.0298. The molecule has 0 aliphatic rings. The Labute approximate surface area is 282 Å². The van der Waals surface area contributed by atoms with Gasteiger partial charge >= 0.3 is 0 Å². The van der Waals surface area contributed by atoms with Gasteiger partial charge < -0.3 is 10.2 Å². The highest BCUT2D eigenvalue weighted by molar-refractivity contribution is 7.92. The molecule has 242 valence electrons. The van der Waals surface area contributed by atoms with Gasteiger partial charge in [0.05, 0.1) is 10.6 Å². The van der Waals surface area contributed by atoms with Crippen LogP contribution in [0.1, 0.15) is 42.5 Å². The minimum Gasteiger partial charge on any atom is -0.352 e. The number of sulfonamides is 1. The third-order valence-electron chi connectivity index (χ3n) is 7.87. The average molecular weight is 681 g/mol. The summed E-state index contributed by atoms with van der Waals surface area (Å²) in [4.78, 5) is 30.0. The third kappa shape index (κ3) is 8.90. The van der Waals surface area contributed by atoms with Gasteiger partial charge in [0, 0.05) is 29.1 Å². The number of halogens is 2. The maximum atomic E-state index is 14.6. The van der Waals surface area contributed by atoms with Gasteiger partial charge in [-0.2, -0.15) is 0 Å². The van der Waals surface area contributed by atoms with Gasteiger partial charge in [-0.25, -0.2) is 8.42 Å². The van der Waals surface area contributed by atoms with Gasteiger partial charge in [0.25, 0.3) is 10.0 Å². The first-order valence-corrected chi connectivity index (χ1v) is 17.3. The summed E-state index contributed by atoms with van der Waals surface area (Å²) in [6.07, 6.45) is 0.926. The average Bonchev–Trinajstić information content (AvgIpc) is 3.04. The number of rotatable bonds is 13. The molecule has 46 heavy (non-hydrogen) atoms. The summed E-state index contributed by atoms with van der Waals surface area (Å²) in [6.45, 7) is 7.03. The molecule has 2 atom stereocenters. The lowest BCUT2D eigenvalue weighted by molar-refractivity contribution is -0.140. The zero-order valence-electron chi connectivity index (χ0n) is 26.4. The molecule has 4 rings (SSSR count). The second-order valence-corrected chi connectivity index (χ2v) is 14.1. The van der Waals surface area contributed by atoms with E-state index in [1.54, 1.807) is 48.5 Å². The Morgan fingerprint density at radius 1 is 0.848 bits per heavy atom. The number of amides is 2. The van der Waals surface area contributed by atoms with Crippen molar-refractivity contribution in [2.24, 2.45) is 0 Å². The van der Waals surface area contributed by atoms with Crippen molar-refractivity contribution < 1.29 is 18.0 Å². The first-order valence-electron chi connectivity index (χ1n) is 15.1. The van der Waals surface area contributed by atoms with Crippen LogP contribution in [0.4, 0.5) is 5.69 Å². The summed E-state index contributed by atoms with van der Waals surface area (Å²) in [5.41, 5.74) is 3.48. The van der Waals surface area contributed by atoms with E-state index in [0.29, 0.717) is 16.5 Å². The summed E-state index contributed by atoms with van der Waals surface area (Å²) in [6, 6.07) is 26.7. The molecule has 0 spiro atoms. The minimum atomic E-state index is -4.23. The number of nitrogens with zero attached hydrogens (tertiary/aromatic N) is 2. The van der Waals surface area contributed by atoms with Crippen molar-refractivity contribution in [3.8, 4) is 0 Å². The van der Waals surface area contributed by atoms with Crippen molar-refractivity contribution in [3.05, 3.63) is 129 Å². The molecule has 0 heterocycles. The molecule has 0 bridgehead atoms. The lowest BCUT2D eigenvalue weighted by Gasteiger charge is -2.34. The molecule has 0 unspecified atom stereocenters. The molecule has 4 aromatic rings. The number of aryl methyl sites for hydroxylation is 2. The molecule has 0 saturated heterocycles. The van der Waals surface area contributed by atoms with Gasteiger partial charge in [-0.1, -0.05) is 96.4 Å². The van der Waals surface area contributed by atoms with Crippen LogP contribution in [0.2, 0.25) is 10.0 Å². The predicted molar refractivity (Wildman–Crippen MR) is 186 cm³/mol. The molecular weight excluding hydrogens is 641 g/mol. The Morgan fingerprint density at radius 2 is 1.50 bits per heavy atom. The third-order valence-corrected chi connectivity index (χ3v) is 10.3. The molecule has 10 heteroatoms. The second-order valence-electron chi connectivity index (χ2n) is 11.4. The Hall–Kier alpha value is -3.85. The number of carbonyl (C=O) groups excluding carboxylic acids is 2. The van der Waals surface area contributed by atoms with Gasteiger partial charge in [-0.15, -0.1) is 0 Å². The maximum absolute atomic E-state index is 14.6. The lowest BCUT2D eigenvalue weighted by Crippen LogP contribution is -2.54. The molecule has 0 aliphatic heterocycles. The number of nitrogens with one attached hydrogen (secondary N) is 1. The van der Waals surface area contributed by atoms with Crippen LogP contribution in [0.25, 0.3) is 0 Å². The molecule has 1 N–H and O–H groups in total. The van der Waals surface area contributed by atoms with Crippen LogP contribution in [0.15, 0.2) is 102 Å². The Balaban J connectivity index is 1.82. The number of hydrogen-bond donors (Lipinski definition) is 1. The molecule has 0 radical (unpaired) electrons. The normalized spacial score (nSPS) is 12.7. The van der Waals surface area contributed by atoms with Crippen LogP contribution < -0.4 is 9.62 Å². The first-order chi connectivity index (χ1) is 21.9. The zero-order valence-corrected chi connectivity index (χ0v) is 28.7. The SMILES string of the molecule is CC[C@@H](C)NC(=O)[C@@H](Cc1ccccc1)N(Cc1ccc(Cl)cc1)C(=O)CN(c1ccc(C)c(Cl)c1)S(=O)(=O)c1ccc(C)cc1. The van der Waals surface area contributed by atoms with Crippen LogP contribution in [-0.2, 0) is 32.6 Å². The van der Waals surface area contributed by atoms with Crippen LogP contribution in [0, 0.1) is 13.8 Å². The Bertz CT molecular complexity index is 1750. The van der Waals surface area contributed by atoms with Gasteiger partial charge in [-0.3, -0.25) is 13.9 Å². The molecule has 0 aliphatic carbocycles. The number of carbonyl (C=O) groups is 2. The molecule has 7 nitrogen and oxygen atoms in total. The van der Waals surface area contributed by atoms with Gasteiger partial charge in [-0.05, 0) is 80.3 Å². The zero-order chi connectivity index (χ0) is 33.4. The van der Waals surface area contributed by atoms with E-state index in [1.807, 2.05) is 58.0 Å². The van der Waals surface area contributed by atoms with Gasteiger partial charge in [0.2, 0.25) is 11.8 Å². The molecule has 4 aromatic carbocycles. The van der Waals surface area contributed by atoms with E-state index >= 15 is 0 Å². The van der Waals surface area contributed by atoms with Crippen molar-refractivity contribution in [2.45, 2.75) is 64.1 Å². The van der Waals surface area contributed by atoms with Gasteiger partial charge in [0.15, 0.2) is 0 Å². The van der Waals surface area contributed by atoms with E-state index in [2.05, 4.69) is 5.32 Å². The van der Waals surface area contributed by atoms with Crippen molar-refractivity contribution in [1.82, 2.24) is 10.2 Å². The molecule has 2 amide bonds. The Morgan fingerprint density at radius 3 is 2.11 bits per heavy atom. The smallest absolute Gasteiger partial charge is 0.264 e. The van der Waals surface area contributed by atoms with Crippen molar-refractivity contribution in [3.63, 3.8) is 0 Å². The van der Waals surface area contributed by atoms with Crippen LogP contribution in [0.3, 0.4) is 0 Å². The summed E-state index contributed by atoms with van der Waals surface area (Å²) >= 11 is 12.6. The highest BCUT2D eigenvalue weighted by atomic mass is 35.5. The fourth-order valence-electron chi connectivity index (χ4n) is 4.88. The second kappa shape index (κ2) is 15.6. The lowest BCUT2D eigenvalue weighted by atomic mass is 10.0. The Kier molecular flexibility index (Phi) is 11.9. The fraction of sp³-hybridized carbons (Fsp3) is 0.278. The maximum Gasteiger partial charge on any atom is 0.264 e. The summed E-state index contributed by atoms with van der Waals surface area (Å²) in [7, 11) is -4.23. The summed E-state index contributed by atoms with van der Waals surface area (Å²) < 4.78 is 29.4. The topological polar surface area (TPSA) is 86.8 Å². The summed E-state index contributed by atoms with van der Waals surface area (Å²) in [5, 5.41) is 3.93. The highest BCUT2D eigenvalue weighted by Gasteiger charge is 2.35. The standard InChI is InChI=1S/C36H39Cl2N3O4S/c1-5-27(4)39-36(43)34(21-28-9-7-6-8-10-28)40(23-29-14-16-30(37)17-15-29)35(42)24-41(31-18-13-26(3)33(38)22-31)46(44,45)32-19-11-25(2)12-20-32/h6-20,22,27,34H,5,21,23-24H2,1-4H3,(H,39,43)/t27-,34-/m1/s1. The number of hydrogen-bond acceptors (Lipinski definition) is 4. The molecule has 0 fully saturated rings.